The first-order valence-corrected chi connectivity index (χ1v) is 7.08. The summed E-state index contributed by atoms with van der Waals surface area (Å²) in [5.41, 5.74) is 1.04. The van der Waals surface area contributed by atoms with Gasteiger partial charge in [-0.1, -0.05) is 0 Å². The van der Waals surface area contributed by atoms with Crippen LogP contribution in [0.4, 0.5) is 5.82 Å². The molecule has 1 aliphatic rings. The monoisotopic (exact) mass is 286 g/mol. The Labute approximate surface area is 103 Å². The first-order chi connectivity index (χ1) is 7.25. The summed E-state index contributed by atoms with van der Waals surface area (Å²) in [5, 5.41) is 4.18. The summed E-state index contributed by atoms with van der Waals surface area (Å²) in [7, 11) is 0. The molecule has 0 aliphatic carbocycles. The molecule has 0 bridgehead atoms. The highest BCUT2D eigenvalue weighted by Crippen LogP contribution is 2.26. The fourth-order valence-electron chi connectivity index (χ4n) is 1.67. The third kappa shape index (κ3) is 3.11. The van der Waals surface area contributed by atoms with Crippen molar-refractivity contribution in [3.63, 3.8) is 0 Å². The van der Waals surface area contributed by atoms with Gasteiger partial charge in [0, 0.05) is 16.3 Å². The molecule has 82 valence electrons. The van der Waals surface area contributed by atoms with Crippen LogP contribution >= 0.6 is 27.7 Å². The predicted octanol–water partition coefficient (Wildman–Crippen LogP) is 3.46. The fourth-order valence-corrected chi connectivity index (χ4v) is 3.09. The molecule has 1 aromatic heterocycles. The van der Waals surface area contributed by atoms with E-state index in [1.165, 1.54) is 18.6 Å². The maximum atomic E-state index is 4.47. The average Bonchev–Trinajstić information content (AvgIpc) is 2.73. The molecule has 1 aliphatic heterocycles. The van der Waals surface area contributed by atoms with Gasteiger partial charge in [-0.15, -0.1) is 0 Å². The molecule has 1 saturated heterocycles. The molecule has 1 aromatic rings. The lowest BCUT2D eigenvalue weighted by Crippen LogP contribution is -2.14. The molecule has 1 fully saturated rings. The van der Waals surface area contributed by atoms with Crippen molar-refractivity contribution in [2.45, 2.75) is 25.0 Å². The van der Waals surface area contributed by atoms with Gasteiger partial charge in [-0.3, -0.25) is 0 Å². The zero-order valence-electron chi connectivity index (χ0n) is 8.79. The molecule has 2 heterocycles. The summed E-state index contributed by atoms with van der Waals surface area (Å²) in [5.74, 6) is 2.31. The first-order valence-electron chi connectivity index (χ1n) is 5.24. The van der Waals surface area contributed by atoms with E-state index < -0.39 is 0 Å². The number of hydrogen-bond donors (Lipinski definition) is 1. The lowest BCUT2D eigenvalue weighted by atomic mass is 10.2. The quantitative estimate of drug-likeness (QED) is 0.921. The Morgan fingerprint density at radius 1 is 1.60 bits per heavy atom. The van der Waals surface area contributed by atoms with Gasteiger partial charge in [-0.25, -0.2) is 4.98 Å². The zero-order chi connectivity index (χ0) is 10.7. The van der Waals surface area contributed by atoms with Crippen molar-refractivity contribution in [1.82, 2.24) is 4.98 Å². The number of aromatic nitrogens is 1. The van der Waals surface area contributed by atoms with Crippen LogP contribution in [0.15, 0.2) is 16.6 Å². The topological polar surface area (TPSA) is 24.9 Å². The van der Waals surface area contributed by atoms with Gasteiger partial charge in [0.2, 0.25) is 0 Å². The first kappa shape index (κ1) is 11.3. The molecular formula is C11H15BrN2S. The summed E-state index contributed by atoms with van der Waals surface area (Å²) in [6, 6.07) is 4.07. The highest BCUT2D eigenvalue weighted by Gasteiger charge is 2.15. The molecule has 2 rings (SSSR count). The molecule has 0 radical (unpaired) electrons. The van der Waals surface area contributed by atoms with Crippen molar-refractivity contribution in [3.05, 3.63) is 22.3 Å². The minimum Gasteiger partial charge on any atom is -0.369 e. The van der Waals surface area contributed by atoms with Gasteiger partial charge in [-0.2, -0.15) is 11.8 Å². The van der Waals surface area contributed by atoms with Gasteiger partial charge >= 0.3 is 0 Å². The van der Waals surface area contributed by atoms with Crippen molar-refractivity contribution >= 4 is 33.5 Å². The number of hydrogen-bond acceptors (Lipinski definition) is 3. The smallest absolute Gasteiger partial charge is 0.126 e. The number of thioether (sulfide) groups is 1. The number of aryl methyl sites for hydroxylation is 1. The normalized spacial score (nSPS) is 20.5. The number of nitrogens with zero attached hydrogens (tertiary/aromatic N) is 1. The van der Waals surface area contributed by atoms with E-state index in [4.69, 9.17) is 0 Å². The SMILES string of the molecule is Cc1nc(NCC2CCCS2)ccc1Br. The van der Waals surface area contributed by atoms with E-state index in [-0.39, 0.29) is 0 Å². The Morgan fingerprint density at radius 3 is 3.13 bits per heavy atom. The van der Waals surface area contributed by atoms with Crippen LogP contribution in [0.25, 0.3) is 0 Å². The predicted molar refractivity (Wildman–Crippen MR) is 70.6 cm³/mol. The van der Waals surface area contributed by atoms with Crippen molar-refractivity contribution in [2.75, 3.05) is 17.6 Å². The molecule has 1 unspecified atom stereocenters. The molecule has 0 amide bonds. The van der Waals surface area contributed by atoms with Crippen LogP contribution < -0.4 is 5.32 Å². The zero-order valence-corrected chi connectivity index (χ0v) is 11.2. The average molecular weight is 287 g/mol. The molecule has 0 saturated carbocycles. The Kier molecular flexibility index (Phi) is 3.92. The molecule has 15 heavy (non-hydrogen) atoms. The summed E-state index contributed by atoms with van der Waals surface area (Å²) < 4.78 is 1.07. The standard InChI is InChI=1S/C11H15BrN2S/c1-8-10(12)4-5-11(14-8)13-7-9-3-2-6-15-9/h4-5,9H,2-3,6-7H2,1H3,(H,13,14). The summed E-state index contributed by atoms with van der Waals surface area (Å²) in [6.45, 7) is 3.05. The van der Waals surface area contributed by atoms with Gasteiger partial charge < -0.3 is 5.32 Å². The van der Waals surface area contributed by atoms with E-state index in [1.54, 1.807) is 0 Å². The molecule has 2 nitrogen and oxygen atoms in total. The fraction of sp³-hybridized carbons (Fsp3) is 0.545. The number of anilines is 1. The molecule has 1 atom stereocenters. The van der Waals surface area contributed by atoms with Crippen LogP contribution in [-0.2, 0) is 0 Å². The minimum atomic E-state index is 0.774. The number of pyridine rings is 1. The van der Waals surface area contributed by atoms with Crippen molar-refractivity contribution in [2.24, 2.45) is 0 Å². The van der Waals surface area contributed by atoms with Crippen LogP contribution in [0, 0.1) is 6.92 Å². The highest BCUT2D eigenvalue weighted by atomic mass is 79.9. The maximum Gasteiger partial charge on any atom is 0.126 e. The molecule has 0 aromatic carbocycles. The van der Waals surface area contributed by atoms with E-state index in [0.29, 0.717) is 0 Å². The minimum absolute atomic E-state index is 0.774. The second-order valence-corrected chi connectivity index (χ2v) is 6.04. The van der Waals surface area contributed by atoms with Crippen LogP contribution in [0.3, 0.4) is 0 Å². The summed E-state index contributed by atoms with van der Waals surface area (Å²) in [4.78, 5) is 4.47. The summed E-state index contributed by atoms with van der Waals surface area (Å²) >= 11 is 5.52. The van der Waals surface area contributed by atoms with E-state index in [9.17, 15) is 0 Å². The number of nitrogens with one attached hydrogen (secondary N) is 1. The van der Waals surface area contributed by atoms with E-state index in [0.717, 1.165) is 27.8 Å². The van der Waals surface area contributed by atoms with Gasteiger partial charge in [0.05, 0.1) is 5.69 Å². The van der Waals surface area contributed by atoms with E-state index in [2.05, 4.69) is 38.0 Å². The van der Waals surface area contributed by atoms with Crippen molar-refractivity contribution in [3.8, 4) is 0 Å². The lowest BCUT2D eigenvalue weighted by Gasteiger charge is -2.11. The maximum absolute atomic E-state index is 4.47. The number of rotatable bonds is 3. The third-order valence-corrected chi connectivity index (χ3v) is 4.79. The van der Waals surface area contributed by atoms with Crippen molar-refractivity contribution < 1.29 is 0 Å². The Bertz CT molecular complexity index is 337. The highest BCUT2D eigenvalue weighted by molar-refractivity contribution is 9.10. The second kappa shape index (κ2) is 5.21. The molecule has 1 N–H and O–H groups in total. The third-order valence-electron chi connectivity index (χ3n) is 2.56. The largest absolute Gasteiger partial charge is 0.369 e. The Hall–Kier alpha value is -0.220. The second-order valence-electron chi connectivity index (χ2n) is 3.78. The van der Waals surface area contributed by atoms with Crippen LogP contribution in [0.1, 0.15) is 18.5 Å². The Morgan fingerprint density at radius 2 is 2.47 bits per heavy atom. The van der Waals surface area contributed by atoms with E-state index in [1.807, 2.05) is 19.1 Å². The summed E-state index contributed by atoms with van der Waals surface area (Å²) in [6.07, 6.45) is 2.71. The molecule has 4 heteroatoms. The van der Waals surface area contributed by atoms with E-state index >= 15 is 0 Å². The van der Waals surface area contributed by atoms with Gasteiger partial charge in [0.15, 0.2) is 0 Å². The molecule has 0 spiro atoms. The van der Waals surface area contributed by atoms with Gasteiger partial charge in [-0.05, 0) is 53.6 Å². The van der Waals surface area contributed by atoms with Crippen LogP contribution in [0.2, 0.25) is 0 Å². The molecular weight excluding hydrogens is 272 g/mol. The van der Waals surface area contributed by atoms with Crippen LogP contribution in [0.5, 0.6) is 0 Å². The van der Waals surface area contributed by atoms with Crippen molar-refractivity contribution in [1.29, 1.82) is 0 Å². The lowest BCUT2D eigenvalue weighted by molar-refractivity contribution is 0.803. The van der Waals surface area contributed by atoms with Gasteiger partial charge in [0.25, 0.3) is 0 Å². The number of halogens is 1. The van der Waals surface area contributed by atoms with Crippen LogP contribution in [-0.4, -0.2) is 22.5 Å². The Balaban J connectivity index is 1.90. The van der Waals surface area contributed by atoms with Gasteiger partial charge in [0.1, 0.15) is 5.82 Å².